The largest absolute Gasteiger partial charge is 0.507 e. The Hall–Kier alpha value is -2.52. The van der Waals surface area contributed by atoms with Crippen molar-refractivity contribution in [3.8, 4) is 11.5 Å². The van der Waals surface area contributed by atoms with Crippen LogP contribution in [0.5, 0.6) is 11.5 Å². The zero-order chi connectivity index (χ0) is 16.2. The Morgan fingerprint density at radius 1 is 0.957 bits per heavy atom. The predicted octanol–water partition coefficient (Wildman–Crippen LogP) is 2.77. The van der Waals surface area contributed by atoms with Gasteiger partial charge in [0.1, 0.15) is 24.6 Å². The van der Waals surface area contributed by atoms with Gasteiger partial charge < -0.3 is 14.7 Å². The number of benzene rings is 3. The molecule has 1 atom stereocenters. The number of phenolic OH excluding ortho intramolecular Hbond substituents is 1. The van der Waals surface area contributed by atoms with Crippen molar-refractivity contribution in [1.82, 2.24) is 0 Å². The number of nitrogens with one attached hydrogen (secondary N) is 1. The summed E-state index contributed by atoms with van der Waals surface area (Å²) in [6.07, 6.45) is 0. The molecule has 0 fully saturated rings. The summed E-state index contributed by atoms with van der Waals surface area (Å²) in [4.78, 5) is 1.32. The normalized spacial score (nSPS) is 12.3. The molecule has 3 aromatic carbocycles. The van der Waals surface area contributed by atoms with Gasteiger partial charge in [0, 0.05) is 5.56 Å². The minimum atomic E-state index is 0.346. The second-order valence-corrected chi connectivity index (χ2v) is 5.95. The van der Waals surface area contributed by atoms with E-state index in [0.717, 1.165) is 35.2 Å². The lowest BCUT2D eigenvalue weighted by atomic mass is 10.0. The maximum absolute atomic E-state index is 10.3. The van der Waals surface area contributed by atoms with Crippen molar-refractivity contribution in [2.75, 3.05) is 14.2 Å². The maximum Gasteiger partial charge on any atom is 0.125 e. The van der Waals surface area contributed by atoms with Gasteiger partial charge in [-0.15, -0.1) is 0 Å². The quantitative estimate of drug-likeness (QED) is 0.760. The van der Waals surface area contributed by atoms with Gasteiger partial charge in [-0.2, -0.15) is 0 Å². The molecule has 3 aromatic rings. The van der Waals surface area contributed by atoms with Crippen LogP contribution in [-0.4, -0.2) is 19.3 Å². The van der Waals surface area contributed by atoms with E-state index in [9.17, 15) is 5.11 Å². The first-order valence-electron chi connectivity index (χ1n) is 7.81. The number of aromatic hydroxyl groups is 1. The smallest absolute Gasteiger partial charge is 0.125 e. The molecule has 0 amide bonds. The van der Waals surface area contributed by atoms with Crippen molar-refractivity contribution in [3.05, 3.63) is 71.8 Å². The Kier molecular flexibility index (Phi) is 4.49. The highest BCUT2D eigenvalue weighted by molar-refractivity contribution is 5.88. The third-order valence-electron chi connectivity index (χ3n) is 4.14. The number of hydrogen-bond donors (Lipinski definition) is 2. The van der Waals surface area contributed by atoms with Gasteiger partial charge in [-0.3, -0.25) is 0 Å². The van der Waals surface area contributed by atoms with Crippen molar-refractivity contribution in [2.24, 2.45) is 0 Å². The lowest BCUT2D eigenvalue weighted by Crippen LogP contribution is -3.06. The number of phenols is 1. The fourth-order valence-electron chi connectivity index (χ4n) is 2.97. The average molecular weight is 308 g/mol. The summed E-state index contributed by atoms with van der Waals surface area (Å²) in [6.45, 7) is 1.67. The van der Waals surface area contributed by atoms with Crippen LogP contribution in [0.4, 0.5) is 0 Å². The van der Waals surface area contributed by atoms with Crippen molar-refractivity contribution < 1.29 is 14.7 Å². The summed E-state index contributed by atoms with van der Waals surface area (Å²) in [6, 6.07) is 20.1. The molecule has 0 saturated carbocycles. The molecular formula is C20H22NO2+. The fraction of sp³-hybridized carbons (Fsp3) is 0.200. The van der Waals surface area contributed by atoms with E-state index in [0.29, 0.717) is 5.75 Å². The van der Waals surface area contributed by atoms with Crippen LogP contribution in [0, 0.1) is 0 Å². The number of rotatable bonds is 5. The second-order valence-electron chi connectivity index (χ2n) is 5.95. The first kappa shape index (κ1) is 15.4. The van der Waals surface area contributed by atoms with Crippen LogP contribution in [0.1, 0.15) is 11.1 Å². The molecule has 0 spiro atoms. The first-order chi connectivity index (χ1) is 11.2. The van der Waals surface area contributed by atoms with E-state index in [4.69, 9.17) is 4.74 Å². The summed E-state index contributed by atoms with van der Waals surface area (Å²) >= 11 is 0. The second kappa shape index (κ2) is 6.71. The molecule has 0 saturated heterocycles. The van der Waals surface area contributed by atoms with Gasteiger partial charge in [-0.1, -0.05) is 42.5 Å². The van der Waals surface area contributed by atoms with E-state index in [1.54, 1.807) is 13.2 Å². The molecule has 0 aliphatic carbocycles. The van der Waals surface area contributed by atoms with Crippen LogP contribution in [0.25, 0.3) is 10.8 Å². The highest BCUT2D eigenvalue weighted by Gasteiger charge is 2.13. The van der Waals surface area contributed by atoms with Crippen LogP contribution < -0.4 is 9.64 Å². The zero-order valence-electron chi connectivity index (χ0n) is 13.5. The summed E-state index contributed by atoms with van der Waals surface area (Å²) < 4.78 is 5.33. The van der Waals surface area contributed by atoms with Gasteiger partial charge in [0.05, 0.1) is 19.7 Å². The molecule has 2 N–H and O–H groups in total. The third kappa shape index (κ3) is 3.46. The summed E-state index contributed by atoms with van der Waals surface area (Å²) in [5, 5.41) is 12.5. The molecule has 3 rings (SSSR count). The molecule has 0 radical (unpaired) electrons. The summed E-state index contributed by atoms with van der Waals surface area (Å²) in [5.41, 5.74) is 2.26. The van der Waals surface area contributed by atoms with Crippen molar-refractivity contribution in [1.29, 1.82) is 0 Å². The van der Waals surface area contributed by atoms with Gasteiger partial charge in [-0.05, 0) is 29.0 Å². The van der Waals surface area contributed by atoms with Crippen molar-refractivity contribution >= 4 is 10.8 Å². The summed E-state index contributed by atoms with van der Waals surface area (Å²) in [7, 11) is 3.81. The molecule has 1 unspecified atom stereocenters. The monoisotopic (exact) mass is 308 g/mol. The number of hydrogen-bond acceptors (Lipinski definition) is 2. The standard InChI is InChI=1S/C20H21NO2/c1-21(13-15-6-4-3-5-7-15)14-19-18-12-17(23-2)10-8-16(18)9-11-20(19)22/h3-12,22H,13-14H2,1-2H3/p+1. The van der Waals surface area contributed by atoms with E-state index in [2.05, 4.69) is 31.3 Å². The molecule has 0 heterocycles. The van der Waals surface area contributed by atoms with Crippen molar-refractivity contribution in [2.45, 2.75) is 13.1 Å². The van der Waals surface area contributed by atoms with E-state index in [1.807, 2.05) is 30.3 Å². The Morgan fingerprint density at radius 2 is 1.70 bits per heavy atom. The highest BCUT2D eigenvalue weighted by Crippen LogP contribution is 2.29. The predicted molar refractivity (Wildman–Crippen MR) is 92.9 cm³/mol. The Balaban J connectivity index is 1.90. The van der Waals surface area contributed by atoms with Crippen LogP contribution in [0.2, 0.25) is 0 Å². The van der Waals surface area contributed by atoms with Crippen LogP contribution in [0.3, 0.4) is 0 Å². The number of quaternary nitrogens is 1. The lowest BCUT2D eigenvalue weighted by Gasteiger charge is -2.17. The van der Waals surface area contributed by atoms with Gasteiger partial charge in [0.2, 0.25) is 0 Å². The average Bonchev–Trinajstić information content (AvgIpc) is 2.58. The number of ether oxygens (including phenoxy) is 1. The van der Waals surface area contributed by atoms with Crippen LogP contribution in [-0.2, 0) is 13.1 Å². The first-order valence-corrected chi connectivity index (χ1v) is 7.81. The van der Waals surface area contributed by atoms with Gasteiger partial charge >= 0.3 is 0 Å². The molecule has 0 bridgehead atoms. The Bertz CT molecular complexity index is 799. The van der Waals surface area contributed by atoms with Crippen LogP contribution in [0.15, 0.2) is 60.7 Å². The minimum absolute atomic E-state index is 0.346. The van der Waals surface area contributed by atoms with Crippen molar-refractivity contribution in [3.63, 3.8) is 0 Å². The molecular weight excluding hydrogens is 286 g/mol. The van der Waals surface area contributed by atoms with Gasteiger partial charge in [0.15, 0.2) is 0 Å². The molecule has 118 valence electrons. The molecule has 0 aliphatic rings. The lowest BCUT2D eigenvalue weighted by molar-refractivity contribution is -0.907. The van der Waals surface area contributed by atoms with Gasteiger partial charge in [-0.25, -0.2) is 0 Å². The third-order valence-corrected chi connectivity index (χ3v) is 4.14. The fourth-order valence-corrected chi connectivity index (χ4v) is 2.97. The molecule has 23 heavy (non-hydrogen) atoms. The number of methoxy groups -OCH3 is 1. The molecule has 0 aromatic heterocycles. The topological polar surface area (TPSA) is 33.9 Å². The highest BCUT2D eigenvalue weighted by atomic mass is 16.5. The maximum atomic E-state index is 10.3. The molecule has 3 heteroatoms. The Labute approximate surface area is 136 Å². The SMILES string of the molecule is COc1ccc2ccc(O)c(C[NH+](C)Cc3ccccc3)c2c1. The van der Waals surface area contributed by atoms with E-state index in [-0.39, 0.29) is 0 Å². The number of fused-ring (bicyclic) bond motifs is 1. The molecule has 0 aliphatic heterocycles. The minimum Gasteiger partial charge on any atom is -0.507 e. The zero-order valence-corrected chi connectivity index (χ0v) is 13.5. The van der Waals surface area contributed by atoms with E-state index >= 15 is 0 Å². The van der Waals surface area contributed by atoms with E-state index in [1.165, 1.54) is 10.5 Å². The van der Waals surface area contributed by atoms with E-state index < -0.39 is 0 Å². The molecule has 3 nitrogen and oxygen atoms in total. The summed E-state index contributed by atoms with van der Waals surface area (Å²) in [5.74, 6) is 1.16. The van der Waals surface area contributed by atoms with Crippen LogP contribution >= 0.6 is 0 Å². The van der Waals surface area contributed by atoms with Gasteiger partial charge in [0.25, 0.3) is 0 Å². The Morgan fingerprint density at radius 3 is 2.43 bits per heavy atom.